The Hall–Kier alpha value is -3.74. The number of nitro groups is 1. The van der Waals surface area contributed by atoms with Crippen LogP contribution in [0, 0.1) is 10.1 Å². The summed E-state index contributed by atoms with van der Waals surface area (Å²) in [6, 6.07) is 5.35. The third kappa shape index (κ3) is 7.14. The van der Waals surface area contributed by atoms with Crippen LogP contribution in [0.5, 0.6) is 5.75 Å². The van der Waals surface area contributed by atoms with Gasteiger partial charge in [0.25, 0.3) is 0 Å². The minimum Gasteiger partial charge on any atom is -0.463 e. The molecule has 0 unspecified atom stereocenters. The Balaban J connectivity index is 2.51. The Morgan fingerprint density at radius 2 is 1.42 bits per heavy atom. The smallest absolute Gasteiger partial charge is 0.311 e. The van der Waals surface area contributed by atoms with Crippen molar-refractivity contribution in [2.45, 2.75) is 58.4 Å². The number of nitrogens with zero attached hydrogens (tertiary/aromatic N) is 1. The van der Waals surface area contributed by atoms with Gasteiger partial charge in [-0.15, -0.1) is 0 Å². The Labute approximate surface area is 188 Å². The summed E-state index contributed by atoms with van der Waals surface area (Å²) in [5.74, 6) is -3.33. The summed E-state index contributed by atoms with van der Waals surface area (Å²) in [5.41, 5.74) is -0.412. The lowest BCUT2D eigenvalue weighted by Crippen LogP contribution is -2.63. The Morgan fingerprint density at radius 1 is 0.879 bits per heavy atom. The number of rotatable bonds is 8. The van der Waals surface area contributed by atoms with Crippen LogP contribution in [0.15, 0.2) is 24.3 Å². The highest BCUT2D eigenvalue weighted by Crippen LogP contribution is 2.34. The van der Waals surface area contributed by atoms with Crippen LogP contribution in [0.4, 0.5) is 5.69 Å². The summed E-state index contributed by atoms with van der Waals surface area (Å²) >= 11 is 0. The molecule has 1 fully saturated rings. The number of esters is 4. The first-order chi connectivity index (χ1) is 15.5. The second kappa shape index (κ2) is 11.2. The maximum absolute atomic E-state index is 11.8. The highest BCUT2D eigenvalue weighted by molar-refractivity contribution is 5.68. The zero-order valence-electron chi connectivity index (χ0n) is 18.2. The van der Waals surface area contributed by atoms with Crippen LogP contribution in [-0.2, 0) is 42.9 Å². The van der Waals surface area contributed by atoms with E-state index in [1.165, 1.54) is 24.3 Å². The molecular formula is C20H23NO12. The highest BCUT2D eigenvalue weighted by Gasteiger charge is 2.53. The molecule has 5 atom stereocenters. The minimum absolute atomic E-state index is 0.233. The van der Waals surface area contributed by atoms with E-state index in [1.807, 2.05) is 0 Å². The second-order valence-corrected chi connectivity index (χ2v) is 6.91. The first-order valence-electron chi connectivity index (χ1n) is 9.70. The summed E-state index contributed by atoms with van der Waals surface area (Å²) in [7, 11) is 0. The van der Waals surface area contributed by atoms with Gasteiger partial charge in [-0.05, 0) is 6.07 Å². The fourth-order valence-corrected chi connectivity index (χ4v) is 3.12. The lowest BCUT2D eigenvalue weighted by atomic mass is 9.98. The van der Waals surface area contributed by atoms with E-state index in [9.17, 15) is 29.3 Å². The number of benzene rings is 1. The average molecular weight is 469 g/mol. The quantitative estimate of drug-likeness (QED) is 0.230. The molecule has 1 heterocycles. The SMILES string of the molecule is CC(=O)OC[C@H]1O[C@@H](Oc2ccccc2[N+](=O)[O-])[C@@H](OC(C)=O)[C@@H](OC(C)=O)[C@H]1OC(C)=O. The molecule has 1 aliphatic rings. The normalized spacial score (nSPS) is 24.2. The standard InChI is InChI=1S/C20H23NO12/c1-10(22)28-9-16-17(29-11(2)23)18(30-12(3)24)19(31-13(4)25)20(33-16)32-15-8-6-5-7-14(15)21(26)27/h5-8,16-20H,9H2,1-4H3/t16-,17+,18+,19+,20-/m1/s1. The van der Waals surface area contributed by atoms with Crippen molar-refractivity contribution in [3.63, 3.8) is 0 Å². The van der Waals surface area contributed by atoms with Gasteiger partial charge in [-0.1, -0.05) is 12.1 Å². The van der Waals surface area contributed by atoms with E-state index in [0.29, 0.717) is 0 Å². The molecule has 0 spiro atoms. The third-order valence-corrected chi connectivity index (χ3v) is 4.25. The van der Waals surface area contributed by atoms with Crippen molar-refractivity contribution in [1.82, 2.24) is 0 Å². The van der Waals surface area contributed by atoms with Gasteiger partial charge >= 0.3 is 29.6 Å². The first-order valence-corrected chi connectivity index (χ1v) is 9.70. The van der Waals surface area contributed by atoms with Gasteiger partial charge in [0.15, 0.2) is 18.0 Å². The molecule has 0 N–H and O–H groups in total. The number of nitro benzene ring substituents is 1. The maximum Gasteiger partial charge on any atom is 0.311 e. The van der Waals surface area contributed by atoms with Crippen molar-refractivity contribution in [2.24, 2.45) is 0 Å². The molecule has 13 heteroatoms. The molecule has 1 aliphatic heterocycles. The summed E-state index contributed by atoms with van der Waals surface area (Å²) in [5, 5.41) is 11.4. The number of carbonyl (C=O) groups is 4. The lowest BCUT2D eigenvalue weighted by molar-refractivity contribution is -0.387. The van der Waals surface area contributed by atoms with Gasteiger partial charge < -0.3 is 28.4 Å². The number of ether oxygens (including phenoxy) is 6. The fraction of sp³-hybridized carbons (Fsp3) is 0.500. The van der Waals surface area contributed by atoms with E-state index < -0.39 is 71.8 Å². The predicted octanol–water partition coefficient (Wildman–Crippen LogP) is 1.06. The molecule has 1 saturated heterocycles. The van der Waals surface area contributed by atoms with Crippen molar-refractivity contribution in [3.8, 4) is 5.75 Å². The molecule has 13 nitrogen and oxygen atoms in total. The lowest BCUT2D eigenvalue weighted by Gasteiger charge is -2.43. The molecule has 33 heavy (non-hydrogen) atoms. The van der Waals surface area contributed by atoms with Gasteiger partial charge in [-0.3, -0.25) is 29.3 Å². The maximum atomic E-state index is 11.8. The van der Waals surface area contributed by atoms with E-state index >= 15 is 0 Å². The topological polar surface area (TPSA) is 167 Å². The second-order valence-electron chi connectivity index (χ2n) is 6.91. The Morgan fingerprint density at radius 3 is 1.97 bits per heavy atom. The van der Waals surface area contributed by atoms with Gasteiger partial charge in [-0.25, -0.2) is 0 Å². The Bertz CT molecular complexity index is 916. The average Bonchev–Trinajstić information content (AvgIpc) is 2.70. The summed E-state index contributed by atoms with van der Waals surface area (Å²) < 4.78 is 32.1. The van der Waals surface area contributed by atoms with Crippen LogP contribution >= 0.6 is 0 Å². The molecule has 1 aromatic rings. The minimum atomic E-state index is -1.56. The summed E-state index contributed by atoms with van der Waals surface area (Å²) in [6.45, 7) is 3.91. The molecule has 0 aromatic heterocycles. The molecule has 0 saturated carbocycles. The highest BCUT2D eigenvalue weighted by atomic mass is 16.7. The predicted molar refractivity (Wildman–Crippen MR) is 106 cm³/mol. The number of carbonyl (C=O) groups excluding carboxylic acids is 4. The molecule has 180 valence electrons. The van der Waals surface area contributed by atoms with Gasteiger partial charge in [-0.2, -0.15) is 0 Å². The van der Waals surface area contributed by atoms with Crippen LogP contribution in [0.2, 0.25) is 0 Å². The van der Waals surface area contributed by atoms with Gasteiger partial charge in [0, 0.05) is 33.8 Å². The van der Waals surface area contributed by atoms with Crippen molar-refractivity contribution in [2.75, 3.05) is 6.61 Å². The molecule has 0 aliphatic carbocycles. The van der Waals surface area contributed by atoms with Crippen LogP contribution in [0.25, 0.3) is 0 Å². The van der Waals surface area contributed by atoms with E-state index in [0.717, 1.165) is 27.7 Å². The van der Waals surface area contributed by atoms with E-state index in [1.54, 1.807) is 0 Å². The zero-order valence-corrected chi connectivity index (χ0v) is 18.2. The van der Waals surface area contributed by atoms with E-state index in [-0.39, 0.29) is 5.75 Å². The van der Waals surface area contributed by atoms with Crippen LogP contribution < -0.4 is 4.74 Å². The Kier molecular flexibility index (Phi) is 8.68. The molecule has 0 amide bonds. The van der Waals surface area contributed by atoms with E-state index in [2.05, 4.69) is 0 Å². The summed E-state index contributed by atoms with van der Waals surface area (Å²) in [4.78, 5) is 57.3. The first kappa shape index (κ1) is 25.5. The van der Waals surface area contributed by atoms with Gasteiger partial charge in [0.1, 0.15) is 12.7 Å². The van der Waals surface area contributed by atoms with Crippen LogP contribution in [0.1, 0.15) is 27.7 Å². The number of para-hydroxylation sites is 2. The van der Waals surface area contributed by atoms with Crippen LogP contribution in [-0.4, -0.2) is 66.1 Å². The summed E-state index contributed by atoms with van der Waals surface area (Å²) in [6.07, 6.45) is -7.10. The third-order valence-electron chi connectivity index (χ3n) is 4.25. The fourth-order valence-electron chi connectivity index (χ4n) is 3.12. The monoisotopic (exact) mass is 469 g/mol. The van der Waals surface area contributed by atoms with Crippen molar-refractivity contribution < 1.29 is 52.5 Å². The van der Waals surface area contributed by atoms with E-state index in [4.69, 9.17) is 28.4 Å². The van der Waals surface area contributed by atoms with Crippen LogP contribution in [0.3, 0.4) is 0 Å². The van der Waals surface area contributed by atoms with Gasteiger partial charge in [0.05, 0.1) is 4.92 Å². The molecule has 2 rings (SSSR count). The number of hydrogen-bond donors (Lipinski definition) is 0. The van der Waals surface area contributed by atoms with Gasteiger partial charge in [0.2, 0.25) is 12.4 Å². The molecular weight excluding hydrogens is 446 g/mol. The van der Waals surface area contributed by atoms with Crippen molar-refractivity contribution >= 4 is 29.6 Å². The molecule has 0 bridgehead atoms. The zero-order chi connectivity index (χ0) is 24.7. The molecule has 0 radical (unpaired) electrons. The number of hydrogen-bond acceptors (Lipinski definition) is 12. The largest absolute Gasteiger partial charge is 0.463 e. The molecule has 1 aromatic carbocycles. The van der Waals surface area contributed by atoms with Crippen molar-refractivity contribution in [3.05, 3.63) is 34.4 Å². The van der Waals surface area contributed by atoms with Crippen molar-refractivity contribution in [1.29, 1.82) is 0 Å².